The van der Waals surface area contributed by atoms with Gasteiger partial charge in [-0.05, 0) is 31.0 Å². The first-order valence-corrected chi connectivity index (χ1v) is 6.32. The van der Waals surface area contributed by atoms with E-state index in [9.17, 15) is 0 Å². The Balaban J connectivity index is 2.12. The molecule has 5 heteroatoms. The first kappa shape index (κ1) is 12.4. The molecular formula is C12H19N3OS. The molecule has 1 N–H and O–H groups in total. The third-order valence-corrected chi connectivity index (χ3v) is 2.99. The van der Waals surface area contributed by atoms with Crippen molar-refractivity contribution in [2.45, 2.75) is 46.7 Å². The van der Waals surface area contributed by atoms with Gasteiger partial charge in [-0.3, -0.25) is 4.68 Å². The molecule has 2 rings (SSSR count). The summed E-state index contributed by atoms with van der Waals surface area (Å²) in [4.78, 5) is 0. The largest absolute Gasteiger partial charge is 0.428 e. The molecular weight excluding hydrogens is 234 g/mol. The van der Waals surface area contributed by atoms with E-state index in [0.29, 0.717) is 10.6 Å². The fourth-order valence-electron chi connectivity index (χ4n) is 1.74. The number of hydrogen-bond donors (Lipinski definition) is 1. The minimum atomic E-state index is 0.127. The van der Waals surface area contributed by atoms with Crippen LogP contribution in [0.4, 0.5) is 0 Å². The summed E-state index contributed by atoms with van der Waals surface area (Å²) < 4.78 is 7.40. The van der Waals surface area contributed by atoms with E-state index in [4.69, 9.17) is 17.0 Å². The highest BCUT2D eigenvalue weighted by atomic mass is 32.1. The van der Waals surface area contributed by atoms with Gasteiger partial charge < -0.3 is 10.1 Å². The molecule has 0 amide bonds. The van der Waals surface area contributed by atoms with Gasteiger partial charge in [-0.15, -0.1) is 0 Å². The summed E-state index contributed by atoms with van der Waals surface area (Å²) in [6.07, 6.45) is 3.02. The molecule has 0 saturated carbocycles. The predicted octanol–water partition coefficient (Wildman–Crippen LogP) is 2.65. The third kappa shape index (κ3) is 2.97. The molecule has 1 aromatic rings. The Labute approximate surface area is 107 Å². The third-order valence-electron chi connectivity index (χ3n) is 2.79. The molecule has 0 aliphatic carbocycles. The maximum Gasteiger partial charge on any atom is 0.262 e. The Hall–Kier alpha value is -1.10. The SMILES string of the molecule is CC1NC(=S)Oc2cn(CCC(C)(C)C)nc21. The normalized spacial score (nSPS) is 19.5. The highest BCUT2D eigenvalue weighted by Gasteiger charge is 2.24. The van der Waals surface area contributed by atoms with Crippen LogP contribution in [0.3, 0.4) is 0 Å². The summed E-state index contributed by atoms with van der Waals surface area (Å²) in [6.45, 7) is 9.62. The lowest BCUT2D eigenvalue weighted by atomic mass is 9.92. The first-order chi connectivity index (χ1) is 7.85. The number of aryl methyl sites for hydroxylation is 1. The van der Waals surface area contributed by atoms with Gasteiger partial charge in [-0.25, -0.2) is 0 Å². The van der Waals surface area contributed by atoms with Gasteiger partial charge in [0.05, 0.1) is 12.2 Å². The molecule has 1 unspecified atom stereocenters. The molecule has 94 valence electrons. The predicted molar refractivity (Wildman–Crippen MR) is 71.1 cm³/mol. The minimum Gasteiger partial charge on any atom is -0.428 e. The van der Waals surface area contributed by atoms with Crippen molar-refractivity contribution < 1.29 is 4.74 Å². The Bertz CT molecular complexity index is 433. The average Bonchev–Trinajstić information content (AvgIpc) is 2.56. The van der Waals surface area contributed by atoms with E-state index in [1.54, 1.807) is 0 Å². The second kappa shape index (κ2) is 4.29. The Kier molecular flexibility index (Phi) is 3.12. The molecule has 1 aliphatic rings. The standard InChI is InChI=1S/C12H19N3OS/c1-8-10-9(16-11(17)13-8)7-15(14-10)6-5-12(2,3)4/h7-8H,5-6H2,1-4H3,(H,13,17). The van der Waals surface area contributed by atoms with Gasteiger partial charge in [0.2, 0.25) is 0 Å². The smallest absolute Gasteiger partial charge is 0.262 e. The molecule has 1 aromatic heterocycles. The van der Waals surface area contributed by atoms with Crippen molar-refractivity contribution in [2.75, 3.05) is 0 Å². The van der Waals surface area contributed by atoms with Crippen LogP contribution in [0.1, 0.15) is 45.9 Å². The number of aromatic nitrogens is 2. The molecule has 2 heterocycles. The van der Waals surface area contributed by atoms with Crippen molar-refractivity contribution in [1.29, 1.82) is 0 Å². The number of hydrogen-bond acceptors (Lipinski definition) is 3. The van der Waals surface area contributed by atoms with Gasteiger partial charge in [-0.2, -0.15) is 5.10 Å². The van der Waals surface area contributed by atoms with Crippen LogP contribution < -0.4 is 10.1 Å². The van der Waals surface area contributed by atoms with Crippen molar-refractivity contribution >= 4 is 17.4 Å². The monoisotopic (exact) mass is 253 g/mol. The average molecular weight is 253 g/mol. The van der Waals surface area contributed by atoms with E-state index in [-0.39, 0.29) is 6.04 Å². The quantitative estimate of drug-likeness (QED) is 0.822. The molecule has 17 heavy (non-hydrogen) atoms. The number of rotatable bonds is 2. The maximum atomic E-state index is 5.45. The molecule has 0 fully saturated rings. The number of thiocarbonyl (C=S) groups is 1. The van der Waals surface area contributed by atoms with Crippen LogP contribution in [0.5, 0.6) is 5.75 Å². The maximum absolute atomic E-state index is 5.45. The zero-order valence-corrected chi connectivity index (χ0v) is 11.6. The molecule has 4 nitrogen and oxygen atoms in total. The second-order valence-corrected chi connectivity index (χ2v) is 6.08. The van der Waals surface area contributed by atoms with Gasteiger partial charge in [0, 0.05) is 6.54 Å². The Morgan fingerprint density at radius 2 is 2.24 bits per heavy atom. The van der Waals surface area contributed by atoms with Gasteiger partial charge >= 0.3 is 0 Å². The van der Waals surface area contributed by atoms with Crippen LogP contribution in [0.2, 0.25) is 0 Å². The molecule has 0 aromatic carbocycles. The van der Waals surface area contributed by atoms with Crippen molar-refractivity contribution in [3.8, 4) is 5.75 Å². The highest BCUT2D eigenvalue weighted by Crippen LogP contribution is 2.28. The molecule has 0 spiro atoms. The molecule has 0 saturated heterocycles. The molecule has 0 bridgehead atoms. The van der Waals surface area contributed by atoms with Gasteiger partial charge in [-0.1, -0.05) is 20.8 Å². The van der Waals surface area contributed by atoms with E-state index in [0.717, 1.165) is 24.4 Å². The van der Waals surface area contributed by atoms with E-state index in [1.807, 2.05) is 17.8 Å². The summed E-state index contributed by atoms with van der Waals surface area (Å²) in [7, 11) is 0. The van der Waals surface area contributed by atoms with Crippen LogP contribution >= 0.6 is 12.2 Å². The lowest BCUT2D eigenvalue weighted by molar-refractivity contribution is 0.340. The van der Waals surface area contributed by atoms with Gasteiger partial charge in [0.15, 0.2) is 5.75 Å². The minimum absolute atomic E-state index is 0.127. The molecule has 1 atom stereocenters. The molecule has 0 radical (unpaired) electrons. The summed E-state index contributed by atoms with van der Waals surface area (Å²) in [5.74, 6) is 0.787. The van der Waals surface area contributed by atoms with Gasteiger partial charge in [0.1, 0.15) is 5.69 Å². The van der Waals surface area contributed by atoms with Crippen LogP contribution in [0, 0.1) is 5.41 Å². The summed E-state index contributed by atoms with van der Waals surface area (Å²) in [5.41, 5.74) is 1.25. The zero-order chi connectivity index (χ0) is 12.6. The fraction of sp³-hybridized carbons (Fsp3) is 0.667. The summed E-state index contributed by atoms with van der Waals surface area (Å²) >= 11 is 5.02. The van der Waals surface area contributed by atoms with Crippen LogP contribution in [0.25, 0.3) is 0 Å². The highest BCUT2D eigenvalue weighted by molar-refractivity contribution is 7.80. The fourth-order valence-corrected chi connectivity index (χ4v) is 2.00. The van der Waals surface area contributed by atoms with Crippen LogP contribution in [-0.4, -0.2) is 15.0 Å². The van der Waals surface area contributed by atoms with Crippen LogP contribution in [0.15, 0.2) is 6.20 Å². The Morgan fingerprint density at radius 3 is 2.88 bits per heavy atom. The summed E-state index contributed by atoms with van der Waals surface area (Å²) in [6, 6.07) is 0.127. The van der Waals surface area contributed by atoms with Crippen LogP contribution in [-0.2, 0) is 6.54 Å². The number of ether oxygens (including phenoxy) is 1. The lowest BCUT2D eigenvalue weighted by Crippen LogP contribution is -2.33. The summed E-state index contributed by atoms with van der Waals surface area (Å²) in [5, 5.41) is 8.02. The number of fused-ring (bicyclic) bond motifs is 1. The lowest BCUT2D eigenvalue weighted by Gasteiger charge is -2.20. The van der Waals surface area contributed by atoms with Crippen molar-refractivity contribution in [1.82, 2.24) is 15.1 Å². The molecule has 1 aliphatic heterocycles. The van der Waals surface area contributed by atoms with E-state index in [1.165, 1.54) is 0 Å². The number of nitrogens with zero attached hydrogens (tertiary/aromatic N) is 2. The first-order valence-electron chi connectivity index (χ1n) is 5.91. The van der Waals surface area contributed by atoms with Crippen molar-refractivity contribution in [2.24, 2.45) is 5.41 Å². The van der Waals surface area contributed by atoms with E-state index >= 15 is 0 Å². The van der Waals surface area contributed by atoms with Crippen molar-refractivity contribution in [3.05, 3.63) is 11.9 Å². The Morgan fingerprint density at radius 1 is 1.53 bits per heavy atom. The second-order valence-electron chi connectivity index (χ2n) is 5.71. The number of nitrogens with one attached hydrogen (secondary N) is 1. The topological polar surface area (TPSA) is 39.1 Å². The zero-order valence-electron chi connectivity index (χ0n) is 10.8. The van der Waals surface area contributed by atoms with Crippen molar-refractivity contribution in [3.63, 3.8) is 0 Å². The van der Waals surface area contributed by atoms with Gasteiger partial charge in [0.25, 0.3) is 5.17 Å². The van der Waals surface area contributed by atoms with E-state index < -0.39 is 0 Å². The van der Waals surface area contributed by atoms with E-state index in [2.05, 4.69) is 31.2 Å².